The van der Waals surface area contributed by atoms with E-state index in [1.54, 1.807) is 7.11 Å². The van der Waals surface area contributed by atoms with E-state index >= 15 is 0 Å². The molecule has 1 unspecified atom stereocenters. The molecule has 17 heavy (non-hydrogen) atoms. The minimum Gasteiger partial charge on any atom is -0.382 e. The predicted octanol–water partition coefficient (Wildman–Crippen LogP) is 1.04. The first kappa shape index (κ1) is 17.0. The van der Waals surface area contributed by atoms with Gasteiger partial charge in [0.15, 0.2) is 0 Å². The van der Waals surface area contributed by atoms with Crippen molar-refractivity contribution in [1.29, 1.82) is 0 Å². The molecule has 6 heteroatoms. The molecule has 0 aromatic carbocycles. The summed E-state index contributed by atoms with van der Waals surface area (Å²) in [5, 5.41) is 6.35. The molecule has 4 nitrogen and oxygen atoms in total. The summed E-state index contributed by atoms with van der Waals surface area (Å²) in [6, 6.07) is 0.317. The summed E-state index contributed by atoms with van der Waals surface area (Å²) in [4.78, 5) is 11.8. The van der Waals surface area contributed by atoms with Gasteiger partial charge in [-0.2, -0.15) is 11.8 Å². The van der Waals surface area contributed by atoms with Crippen LogP contribution in [0, 0.1) is 0 Å². The molecule has 1 fully saturated rings. The molecule has 0 spiro atoms. The van der Waals surface area contributed by atoms with E-state index in [0.29, 0.717) is 19.1 Å². The smallest absolute Gasteiger partial charge is 0.222 e. The van der Waals surface area contributed by atoms with Crippen LogP contribution >= 0.6 is 24.2 Å². The molecule has 0 aromatic rings. The van der Waals surface area contributed by atoms with Crippen molar-refractivity contribution < 1.29 is 9.53 Å². The molecule has 0 bridgehead atoms. The summed E-state index contributed by atoms with van der Waals surface area (Å²) >= 11 is 1.91. The van der Waals surface area contributed by atoms with E-state index in [2.05, 4.69) is 10.6 Å². The lowest BCUT2D eigenvalue weighted by Crippen LogP contribution is -2.49. The Hall–Kier alpha value is 0.0300. The maximum Gasteiger partial charge on any atom is 0.222 e. The summed E-state index contributed by atoms with van der Waals surface area (Å²) < 4.78 is 5.06. The molecular formula is C11H23ClN2O2S. The van der Waals surface area contributed by atoms with Crippen molar-refractivity contribution in [1.82, 2.24) is 10.6 Å². The molecule has 0 aliphatic carbocycles. The van der Waals surface area contributed by atoms with Gasteiger partial charge in [-0.05, 0) is 13.8 Å². The standard InChI is InChI=1S/C11H22N2O2S.ClH/c1-11(2,8-15-3)13-10(14)6-9-7-16-5-4-12-9;/h9,12H,4-8H2,1-3H3,(H,13,14);1H. The maximum absolute atomic E-state index is 11.8. The van der Waals surface area contributed by atoms with Crippen molar-refractivity contribution in [3.63, 3.8) is 0 Å². The van der Waals surface area contributed by atoms with E-state index in [1.165, 1.54) is 0 Å². The van der Waals surface area contributed by atoms with Crippen LogP contribution in [0.4, 0.5) is 0 Å². The van der Waals surface area contributed by atoms with E-state index in [9.17, 15) is 4.79 Å². The Morgan fingerprint density at radius 3 is 2.82 bits per heavy atom. The number of methoxy groups -OCH3 is 1. The number of hydrogen-bond donors (Lipinski definition) is 2. The maximum atomic E-state index is 11.8. The fraction of sp³-hybridized carbons (Fsp3) is 0.909. The van der Waals surface area contributed by atoms with Crippen molar-refractivity contribution in [3.05, 3.63) is 0 Å². The highest BCUT2D eigenvalue weighted by molar-refractivity contribution is 7.99. The van der Waals surface area contributed by atoms with E-state index in [-0.39, 0.29) is 23.9 Å². The normalized spacial score (nSPS) is 20.5. The third-order valence-corrected chi connectivity index (χ3v) is 3.54. The molecule has 1 aliphatic heterocycles. The van der Waals surface area contributed by atoms with Crippen LogP contribution in [0.3, 0.4) is 0 Å². The van der Waals surface area contributed by atoms with Crippen molar-refractivity contribution in [2.75, 3.05) is 31.8 Å². The number of thioether (sulfide) groups is 1. The van der Waals surface area contributed by atoms with E-state index in [0.717, 1.165) is 18.1 Å². The van der Waals surface area contributed by atoms with Crippen LogP contribution in [0.5, 0.6) is 0 Å². The summed E-state index contributed by atoms with van der Waals surface area (Å²) in [7, 11) is 1.65. The molecule has 1 aliphatic rings. The monoisotopic (exact) mass is 282 g/mol. The molecule has 1 amide bonds. The van der Waals surface area contributed by atoms with Crippen LogP contribution in [0.25, 0.3) is 0 Å². The highest BCUT2D eigenvalue weighted by atomic mass is 35.5. The highest BCUT2D eigenvalue weighted by Crippen LogP contribution is 2.11. The number of ether oxygens (including phenoxy) is 1. The van der Waals surface area contributed by atoms with Gasteiger partial charge in [0.1, 0.15) is 0 Å². The van der Waals surface area contributed by atoms with Gasteiger partial charge in [0, 0.05) is 37.6 Å². The van der Waals surface area contributed by atoms with Gasteiger partial charge in [0.05, 0.1) is 12.1 Å². The fourth-order valence-corrected chi connectivity index (χ4v) is 2.75. The Bertz CT molecular complexity index is 234. The summed E-state index contributed by atoms with van der Waals surface area (Å²) in [5.74, 6) is 2.27. The topological polar surface area (TPSA) is 50.4 Å². The first-order valence-corrected chi connectivity index (χ1v) is 6.80. The Morgan fingerprint density at radius 1 is 1.59 bits per heavy atom. The molecule has 1 atom stereocenters. The third-order valence-electron chi connectivity index (χ3n) is 2.41. The number of nitrogens with one attached hydrogen (secondary N) is 2. The van der Waals surface area contributed by atoms with Gasteiger partial charge >= 0.3 is 0 Å². The molecule has 0 saturated carbocycles. The zero-order chi connectivity index (χ0) is 12.0. The summed E-state index contributed by atoms with van der Waals surface area (Å²) in [6.45, 7) is 5.48. The Morgan fingerprint density at radius 2 is 2.29 bits per heavy atom. The molecule has 102 valence electrons. The van der Waals surface area contributed by atoms with E-state index in [4.69, 9.17) is 4.74 Å². The molecule has 1 saturated heterocycles. The number of hydrogen-bond acceptors (Lipinski definition) is 4. The summed E-state index contributed by atoms with van der Waals surface area (Å²) in [5.41, 5.74) is -0.284. The number of halogens is 1. The second kappa shape index (κ2) is 8.19. The zero-order valence-corrected chi connectivity index (χ0v) is 12.4. The molecule has 0 aromatic heterocycles. The van der Waals surface area contributed by atoms with Crippen LogP contribution in [-0.4, -0.2) is 49.3 Å². The lowest BCUT2D eigenvalue weighted by molar-refractivity contribution is -0.123. The van der Waals surface area contributed by atoms with Crippen molar-refractivity contribution in [3.8, 4) is 0 Å². The highest BCUT2D eigenvalue weighted by Gasteiger charge is 2.23. The van der Waals surface area contributed by atoms with Crippen molar-refractivity contribution >= 4 is 30.1 Å². The minimum atomic E-state index is -0.284. The molecular weight excluding hydrogens is 260 g/mol. The number of amides is 1. The Balaban J connectivity index is 0.00000256. The second-order valence-electron chi connectivity index (χ2n) is 4.80. The Labute approximate surface area is 114 Å². The van der Waals surface area contributed by atoms with Crippen LogP contribution in [0.1, 0.15) is 20.3 Å². The number of carbonyl (C=O) groups excluding carboxylic acids is 1. The van der Waals surface area contributed by atoms with Crippen LogP contribution in [0.2, 0.25) is 0 Å². The van der Waals surface area contributed by atoms with Gasteiger partial charge in [0.2, 0.25) is 5.91 Å². The lowest BCUT2D eigenvalue weighted by Gasteiger charge is -2.28. The van der Waals surface area contributed by atoms with Crippen LogP contribution in [0.15, 0.2) is 0 Å². The van der Waals surface area contributed by atoms with Gasteiger partial charge in [-0.1, -0.05) is 0 Å². The molecule has 1 rings (SSSR count). The van der Waals surface area contributed by atoms with Crippen molar-refractivity contribution in [2.45, 2.75) is 31.8 Å². The Kier molecular flexibility index (Phi) is 8.20. The van der Waals surface area contributed by atoms with Gasteiger partial charge in [-0.15, -0.1) is 12.4 Å². The first-order valence-electron chi connectivity index (χ1n) is 5.64. The minimum absolute atomic E-state index is 0. The molecule has 1 heterocycles. The quantitative estimate of drug-likeness (QED) is 0.791. The third kappa shape index (κ3) is 7.13. The average Bonchev–Trinajstić information content (AvgIpc) is 2.17. The van der Waals surface area contributed by atoms with Gasteiger partial charge in [-0.3, -0.25) is 4.79 Å². The predicted molar refractivity (Wildman–Crippen MR) is 75.1 cm³/mol. The largest absolute Gasteiger partial charge is 0.382 e. The molecule has 0 radical (unpaired) electrons. The zero-order valence-electron chi connectivity index (χ0n) is 10.7. The number of carbonyl (C=O) groups is 1. The van der Waals surface area contributed by atoms with Crippen LogP contribution < -0.4 is 10.6 Å². The van der Waals surface area contributed by atoms with E-state index < -0.39 is 0 Å². The SMILES string of the molecule is COCC(C)(C)NC(=O)CC1CSCCN1.Cl. The lowest BCUT2D eigenvalue weighted by atomic mass is 10.1. The van der Waals surface area contributed by atoms with Gasteiger partial charge < -0.3 is 15.4 Å². The van der Waals surface area contributed by atoms with E-state index in [1.807, 2.05) is 25.6 Å². The first-order chi connectivity index (χ1) is 7.53. The molecule has 2 N–H and O–H groups in total. The van der Waals surface area contributed by atoms with Crippen LogP contribution in [-0.2, 0) is 9.53 Å². The van der Waals surface area contributed by atoms with Crippen molar-refractivity contribution in [2.24, 2.45) is 0 Å². The van der Waals surface area contributed by atoms with Gasteiger partial charge in [0.25, 0.3) is 0 Å². The van der Waals surface area contributed by atoms with Gasteiger partial charge in [-0.25, -0.2) is 0 Å². The summed E-state index contributed by atoms with van der Waals surface area (Å²) in [6.07, 6.45) is 0.556. The average molecular weight is 283 g/mol. The number of rotatable bonds is 5. The second-order valence-corrected chi connectivity index (χ2v) is 5.94. The fourth-order valence-electron chi connectivity index (χ4n) is 1.80.